The van der Waals surface area contributed by atoms with Gasteiger partial charge in [-0.15, -0.1) is 0 Å². The summed E-state index contributed by atoms with van der Waals surface area (Å²) in [4.78, 5) is 28.5. The van der Waals surface area contributed by atoms with E-state index >= 15 is 0 Å². The molecule has 1 saturated heterocycles. The second-order valence-electron chi connectivity index (χ2n) is 7.20. The molecule has 0 radical (unpaired) electrons. The second kappa shape index (κ2) is 11.2. The zero-order valence-electron chi connectivity index (χ0n) is 17.4. The zero-order valence-corrected chi connectivity index (χ0v) is 17.4. The molecule has 1 aliphatic rings. The average molecular weight is 412 g/mol. The number of rotatable bonds is 9. The average Bonchev–Trinajstić information content (AvgIpc) is 2.78. The molecule has 1 N–H and O–H groups in total. The monoisotopic (exact) mass is 411 g/mol. The van der Waals surface area contributed by atoms with Gasteiger partial charge in [-0.2, -0.15) is 0 Å². The predicted octanol–water partition coefficient (Wildman–Crippen LogP) is 2.64. The van der Waals surface area contributed by atoms with Crippen LogP contribution in [-0.2, 0) is 9.59 Å². The Morgan fingerprint density at radius 2 is 1.60 bits per heavy atom. The molecule has 7 heteroatoms. The number of hydrogen-bond acceptors (Lipinski definition) is 5. The maximum Gasteiger partial charge on any atom is 0.238 e. The maximum absolute atomic E-state index is 12.4. The molecule has 0 saturated carbocycles. The van der Waals surface area contributed by atoms with Crippen LogP contribution in [0.2, 0.25) is 0 Å². The number of nitrogens with one attached hydrogen (secondary N) is 1. The minimum absolute atomic E-state index is 0.0309. The summed E-state index contributed by atoms with van der Waals surface area (Å²) in [7, 11) is 1.63. The highest BCUT2D eigenvalue weighted by atomic mass is 16.5. The van der Waals surface area contributed by atoms with E-state index in [2.05, 4.69) is 10.2 Å². The molecular formula is C23H29N3O4. The number of nitrogens with zero attached hydrogens (tertiary/aromatic N) is 2. The molecule has 2 aromatic rings. The third-order valence-electron chi connectivity index (χ3n) is 5.01. The number of methoxy groups -OCH3 is 1. The summed E-state index contributed by atoms with van der Waals surface area (Å²) in [6.45, 7) is 3.55. The number of hydrogen-bond donors (Lipinski definition) is 1. The Labute approximate surface area is 177 Å². The Morgan fingerprint density at radius 1 is 0.933 bits per heavy atom. The van der Waals surface area contributed by atoms with Gasteiger partial charge in [-0.25, -0.2) is 0 Å². The van der Waals surface area contributed by atoms with Crippen molar-refractivity contribution >= 4 is 17.5 Å². The van der Waals surface area contributed by atoms with Crippen LogP contribution < -0.4 is 14.8 Å². The van der Waals surface area contributed by atoms with E-state index in [1.54, 1.807) is 7.11 Å². The summed E-state index contributed by atoms with van der Waals surface area (Å²) < 4.78 is 10.8. The first-order chi connectivity index (χ1) is 14.6. The van der Waals surface area contributed by atoms with E-state index in [4.69, 9.17) is 9.47 Å². The van der Waals surface area contributed by atoms with Crippen LogP contribution in [0.5, 0.6) is 11.5 Å². The van der Waals surface area contributed by atoms with Crippen LogP contribution in [0.15, 0.2) is 54.6 Å². The Morgan fingerprint density at radius 3 is 2.27 bits per heavy atom. The third-order valence-corrected chi connectivity index (χ3v) is 5.01. The summed E-state index contributed by atoms with van der Waals surface area (Å²) in [5, 5.41) is 2.90. The summed E-state index contributed by atoms with van der Waals surface area (Å²) >= 11 is 0. The molecule has 1 fully saturated rings. The van der Waals surface area contributed by atoms with Crippen LogP contribution in [0.25, 0.3) is 0 Å². The van der Waals surface area contributed by atoms with Gasteiger partial charge in [-0.3, -0.25) is 14.5 Å². The first kappa shape index (κ1) is 21.6. The minimum Gasteiger partial charge on any atom is -0.497 e. The molecule has 0 atom stereocenters. The molecule has 2 amide bonds. The fourth-order valence-electron chi connectivity index (χ4n) is 3.32. The standard InChI is InChI=1S/C23H29N3O4/c1-29-20-9-11-21(12-10-20)30-17-5-8-23(28)26-15-13-25(14-16-26)18-22(27)24-19-6-3-2-4-7-19/h2-4,6-7,9-12H,5,8,13-18H2,1H3,(H,24,27). The van der Waals surface area contributed by atoms with Gasteiger partial charge in [0.25, 0.3) is 0 Å². The summed E-state index contributed by atoms with van der Waals surface area (Å²) in [5.74, 6) is 1.67. The first-order valence-corrected chi connectivity index (χ1v) is 10.3. The van der Waals surface area contributed by atoms with Crippen molar-refractivity contribution in [3.05, 3.63) is 54.6 Å². The summed E-state index contributed by atoms with van der Waals surface area (Å²) in [5.41, 5.74) is 0.799. The van der Waals surface area contributed by atoms with Crippen molar-refractivity contribution in [2.24, 2.45) is 0 Å². The van der Waals surface area contributed by atoms with Crippen LogP contribution in [0.1, 0.15) is 12.8 Å². The lowest BCUT2D eigenvalue weighted by molar-refractivity contribution is -0.133. The van der Waals surface area contributed by atoms with Crippen molar-refractivity contribution in [2.45, 2.75) is 12.8 Å². The van der Waals surface area contributed by atoms with Crippen LogP contribution in [0.4, 0.5) is 5.69 Å². The quantitative estimate of drug-likeness (QED) is 0.643. The largest absolute Gasteiger partial charge is 0.497 e. The molecule has 0 bridgehead atoms. The van der Waals surface area contributed by atoms with Gasteiger partial charge in [0.1, 0.15) is 11.5 Å². The van der Waals surface area contributed by atoms with Crippen LogP contribution >= 0.6 is 0 Å². The van der Waals surface area contributed by atoms with Crippen LogP contribution in [-0.4, -0.2) is 68.1 Å². The van der Waals surface area contributed by atoms with Crippen LogP contribution in [0.3, 0.4) is 0 Å². The van der Waals surface area contributed by atoms with E-state index in [0.29, 0.717) is 52.2 Å². The topological polar surface area (TPSA) is 71.1 Å². The van der Waals surface area contributed by atoms with E-state index in [1.807, 2.05) is 59.5 Å². The molecule has 0 unspecified atom stereocenters. The van der Waals surface area contributed by atoms with Gasteiger partial charge in [0.15, 0.2) is 0 Å². The van der Waals surface area contributed by atoms with Gasteiger partial charge in [-0.05, 0) is 42.8 Å². The van der Waals surface area contributed by atoms with E-state index in [0.717, 1.165) is 17.2 Å². The van der Waals surface area contributed by atoms with Crippen LogP contribution in [0, 0.1) is 0 Å². The minimum atomic E-state index is -0.0309. The molecule has 0 aromatic heterocycles. The normalized spacial score (nSPS) is 14.2. The number of piperazine rings is 1. The molecule has 0 aliphatic carbocycles. The van der Waals surface area contributed by atoms with Crippen molar-refractivity contribution in [1.29, 1.82) is 0 Å². The van der Waals surface area contributed by atoms with E-state index in [9.17, 15) is 9.59 Å². The lowest BCUT2D eigenvalue weighted by atomic mass is 10.2. The highest BCUT2D eigenvalue weighted by Crippen LogP contribution is 2.17. The van der Waals surface area contributed by atoms with Crippen molar-refractivity contribution in [3.63, 3.8) is 0 Å². The first-order valence-electron chi connectivity index (χ1n) is 10.3. The molecule has 2 aromatic carbocycles. The molecule has 3 rings (SSSR count). The summed E-state index contributed by atoms with van der Waals surface area (Å²) in [6.07, 6.45) is 1.13. The molecule has 160 valence electrons. The van der Waals surface area contributed by atoms with Gasteiger partial charge < -0.3 is 19.7 Å². The number of amides is 2. The Balaban J connectivity index is 1.30. The van der Waals surface area contributed by atoms with Gasteiger partial charge in [0.2, 0.25) is 11.8 Å². The highest BCUT2D eigenvalue weighted by Gasteiger charge is 2.22. The molecule has 0 spiro atoms. The highest BCUT2D eigenvalue weighted by molar-refractivity contribution is 5.92. The molecule has 1 heterocycles. The lowest BCUT2D eigenvalue weighted by Crippen LogP contribution is -2.50. The van der Waals surface area contributed by atoms with E-state index in [1.165, 1.54) is 0 Å². The third kappa shape index (κ3) is 6.77. The fraction of sp³-hybridized carbons (Fsp3) is 0.391. The molecular weight excluding hydrogens is 382 g/mol. The Kier molecular flexibility index (Phi) is 8.09. The van der Waals surface area contributed by atoms with Crippen molar-refractivity contribution in [2.75, 3.05) is 51.8 Å². The maximum atomic E-state index is 12.4. The number of ether oxygens (including phenoxy) is 2. The van der Waals surface area contributed by atoms with Gasteiger partial charge in [0.05, 0.1) is 20.3 Å². The van der Waals surface area contributed by atoms with Gasteiger partial charge >= 0.3 is 0 Å². The predicted molar refractivity (Wildman–Crippen MR) is 116 cm³/mol. The summed E-state index contributed by atoms with van der Waals surface area (Å²) in [6, 6.07) is 16.8. The van der Waals surface area contributed by atoms with E-state index < -0.39 is 0 Å². The zero-order chi connectivity index (χ0) is 21.2. The number of para-hydroxylation sites is 1. The SMILES string of the molecule is COc1ccc(OCCCC(=O)N2CCN(CC(=O)Nc3ccccc3)CC2)cc1. The lowest BCUT2D eigenvalue weighted by Gasteiger charge is -2.34. The smallest absolute Gasteiger partial charge is 0.238 e. The molecule has 7 nitrogen and oxygen atoms in total. The van der Waals surface area contributed by atoms with E-state index in [-0.39, 0.29) is 11.8 Å². The van der Waals surface area contributed by atoms with Crippen molar-refractivity contribution < 1.29 is 19.1 Å². The van der Waals surface area contributed by atoms with Gasteiger partial charge in [-0.1, -0.05) is 18.2 Å². The fourth-order valence-corrected chi connectivity index (χ4v) is 3.32. The Bertz CT molecular complexity index is 803. The molecule has 30 heavy (non-hydrogen) atoms. The number of carbonyl (C=O) groups is 2. The Hall–Kier alpha value is -3.06. The van der Waals surface area contributed by atoms with Gasteiger partial charge in [0, 0.05) is 38.3 Å². The van der Waals surface area contributed by atoms with Crippen molar-refractivity contribution in [3.8, 4) is 11.5 Å². The second-order valence-corrected chi connectivity index (χ2v) is 7.20. The van der Waals surface area contributed by atoms with Crippen molar-refractivity contribution in [1.82, 2.24) is 9.80 Å². The number of carbonyl (C=O) groups excluding carboxylic acids is 2. The number of benzene rings is 2. The number of anilines is 1. The molecule has 1 aliphatic heterocycles.